The van der Waals surface area contributed by atoms with Crippen LogP contribution in [0.2, 0.25) is 0 Å². The first-order valence-corrected chi connectivity index (χ1v) is 5.02. The molecule has 0 aliphatic rings. The van der Waals surface area contributed by atoms with Gasteiger partial charge in [0.15, 0.2) is 0 Å². The lowest BCUT2D eigenvalue weighted by molar-refractivity contribution is 0.0772. The number of methoxy groups -OCH3 is 1. The minimum atomic E-state index is 0.00940. The number of hydrogen-bond acceptors (Lipinski definition) is 3. The average Bonchev–Trinajstić information content (AvgIpc) is 2.30. The van der Waals surface area contributed by atoms with Crippen LogP contribution in [0.5, 0.6) is 5.88 Å². The highest BCUT2D eigenvalue weighted by molar-refractivity contribution is 5.93. The van der Waals surface area contributed by atoms with Crippen LogP contribution < -0.4 is 4.74 Å². The second-order valence-electron chi connectivity index (χ2n) is 3.07. The Morgan fingerprint density at radius 3 is 2.47 bits per heavy atom. The van der Waals surface area contributed by atoms with Gasteiger partial charge in [-0.25, -0.2) is 4.98 Å². The van der Waals surface area contributed by atoms with E-state index in [2.05, 4.69) is 4.98 Å². The molecule has 1 aromatic heterocycles. The highest BCUT2D eigenvalue weighted by Gasteiger charge is 2.12. The fraction of sp³-hybridized carbons (Fsp3) is 0.455. The molecule has 0 bridgehead atoms. The van der Waals surface area contributed by atoms with Crippen LogP contribution in [0.3, 0.4) is 0 Å². The maximum absolute atomic E-state index is 11.9. The minimum absolute atomic E-state index is 0.00940. The summed E-state index contributed by atoms with van der Waals surface area (Å²) in [6.45, 7) is 5.33. The zero-order valence-electron chi connectivity index (χ0n) is 9.36. The Morgan fingerprint density at radius 2 is 2.07 bits per heavy atom. The van der Waals surface area contributed by atoms with Crippen LogP contribution in [-0.2, 0) is 0 Å². The first kappa shape index (κ1) is 11.5. The third-order valence-electron chi connectivity index (χ3n) is 2.24. The fourth-order valence-corrected chi connectivity index (χ4v) is 1.32. The molecule has 82 valence electrons. The van der Waals surface area contributed by atoms with Crippen LogP contribution in [0.1, 0.15) is 24.2 Å². The highest BCUT2D eigenvalue weighted by Crippen LogP contribution is 2.08. The molecule has 0 unspecified atom stereocenters. The maximum atomic E-state index is 11.9. The van der Waals surface area contributed by atoms with Gasteiger partial charge < -0.3 is 9.64 Å². The van der Waals surface area contributed by atoms with Gasteiger partial charge in [0.25, 0.3) is 5.91 Å². The molecule has 1 amide bonds. The van der Waals surface area contributed by atoms with Crippen molar-refractivity contribution in [1.29, 1.82) is 0 Å². The lowest BCUT2D eigenvalue weighted by Gasteiger charge is -2.18. The van der Waals surface area contributed by atoms with Crippen LogP contribution in [0.4, 0.5) is 0 Å². The molecular formula is C11H16N2O2. The standard InChI is InChI=1S/C11H16N2O2/c1-4-13(5-2)11(14)9-6-7-10(15-3)12-8-9/h6-8H,4-5H2,1-3H3. The van der Waals surface area contributed by atoms with Gasteiger partial charge in [0, 0.05) is 25.4 Å². The maximum Gasteiger partial charge on any atom is 0.255 e. The zero-order valence-corrected chi connectivity index (χ0v) is 9.36. The van der Waals surface area contributed by atoms with Crippen LogP contribution in [0.25, 0.3) is 0 Å². The number of pyridine rings is 1. The highest BCUT2D eigenvalue weighted by atomic mass is 16.5. The molecule has 1 heterocycles. The van der Waals surface area contributed by atoms with E-state index in [1.54, 1.807) is 30.3 Å². The summed E-state index contributed by atoms with van der Waals surface area (Å²) in [5, 5.41) is 0. The molecule has 0 radical (unpaired) electrons. The summed E-state index contributed by atoms with van der Waals surface area (Å²) in [7, 11) is 1.55. The Kier molecular flexibility index (Phi) is 4.09. The molecule has 0 aromatic carbocycles. The molecule has 0 aliphatic heterocycles. The molecule has 0 N–H and O–H groups in total. The summed E-state index contributed by atoms with van der Waals surface area (Å²) in [5.41, 5.74) is 0.597. The first-order chi connectivity index (χ1) is 7.22. The predicted octanol–water partition coefficient (Wildman–Crippen LogP) is 1.57. The molecule has 4 nitrogen and oxygen atoms in total. The Labute approximate surface area is 89.9 Å². The van der Waals surface area contributed by atoms with E-state index in [1.807, 2.05) is 13.8 Å². The SMILES string of the molecule is CCN(CC)C(=O)c1ccc(OC)nc1. The molecular weight excluding hydrogens is 192 g/mol. The summed E-state index contributed by atoms with van der Waals surface area (Å²) in [6.07, 6.45) is 1.54. The lowest BCUT2D eigenvalue weighted by Crippen LogP contribution is -2.30. The topological polar surface area (TPSA) is 42.4 Å². The first-order valence-electron chi connectivity index (χ1n) is 5.02. The van der Waals surface area contributed by atoms with Crippen molar-refractivity contribution < 1.29 is 9.53 Å². The summed E-state index contributed by atoms with van der Waals surface area (Å²) in [4.78, 5) is 17.6. The van der Waals surface area contributed by atoms with E-state index in [0.717, 1.165) is 0 Å². The van der Waals surface area contributed by atoms with Gasteiger partial charge >= 0.3 is 0 Å². The molecule has 1 rings (SSSR count). The fourth-order valence-electron chi connectivity index (χ4n) is 1.32. The van der Waals surface area contributed by atoms with Gasteiger partial charge in [0.2, 0.25) is 5.88 Å². The van der Waals surface area contributed by atoms with Gasteiger partial charge in [0.05, 0.1) is 12.7 Å². The molecule has 0 saturated heterocycles. The molecule has 0 spiro atoms. The van der Waals surface area contributed by atoms with Crippen LogP contribution in [0.15, 0.2) is 18.3 Å². The summed E-state index contributed by atoms with van der Waals surface area (Å²) < 4.78 is 4.93. The number of ether oxygens (including phenoxy) is 1. The Balaban J connectivity index is 2.82. The number of carbonyl (C=O) groups is 1. The summed E-state index contributed by atoms with van der Waals surface area (Å²) in [6, 6.07) is 3.42. The van der Waals surface area contributed by atoms with Gasteiger partial charge in [-0.2, -0.15) is 0 Å². The quantitative estimate of drug-likeness (QED) is 0.754. The van der Waals surface area contributed by atoms with Crippen molar-refractivity contribution in [2.45, 2.75) is 13.8 Å². The van der Waals surface area contributed by atoms with Gasteiger partial charge in [-0.05, 0) is 19.9 Å². The largest absolute Gasteiger partial charge is 0.481 e. The van der Waals surface area contributed by atoms with Gasteiger partial charge in [-0.15, -0.1) is 0 Å². The van der Waals surface area contributed by atoms with Gasteiger partial charge in [0.1, 0.15) is 0 Å². The smallest absolute Gasteiger partial charge is 0.255 e. The van der Waals surface area contributed by atoms with Crippen molar-refractivity contribution in [3.8, 4) is 5.88 Å². The molecule has 0 aliphatic carbocycles. The average molecular weight is 208 g/mol. The minimum Gasteiger partial charge on any atom is -0.481 e. The van der Waals surface area contributed by atoms with Crippen molar-refractivity contribution in [2.75, 3.05) is 20.2 Å². The Bertz CT molecular complexity index is 318. The van der Waals surface area contributed by atoms with E-state index in [1.165, 1.54) is 0 Å². The van der Waals surface area contributed by atoms with Crippen molar-refractivity contribution >= 4 is 5.91 Å². The molecule has 1 aromatic rings. The van der Waals surface area contributed by atoms with E-state index in [9.17, 15) is 4.79 Å². The second kappa shape index (κ2) is 5.34. The van der Waals surface area contributed by atoms with Crippen LogP contribution in [-0.4, -0.2) is 36.0 Å². The van der Waals surface area contributed by atoms with Crippen molar-refractivity contribution in [2.24, 2.45) is 0 Å². The zero-order chi connectivity index (χ0) is 11.3. The molecule has 0 fully saturated rings. The van der Waals surface area contributed by atoms with Gasteiger partial charge in [-0.3, -0.25) is 4.79 Å². The van der Waals surface area contributed by atoms with Crippen molar-refractivity contribution in [3.63, 3.8) is 0 Å². The second-order valence-corrected chi connectivity index (χ2v) is 3.07. The monoisotopic (exact) mass is 208 g/mol. The van der Waals surface area contributed by atoms with Crippen molar-refractivity contribution in [1.82, 2.24) is 9.88 Å². The Hall–Kier alpha value is -1.58. The number of nitrogens with zero attached hydrogens (tertiary/aromatic N) is 2. The van der Waals surface area contributed by atoms with Gasteiger partial charge in [-0.1, -0.05) is 0 Å². The van der Waals surface area contributed by atoms with E-state index in [-0.39, 0.29) is 5.91 Å². The number of aromatic nitrogens is 1. The Morgan fingerprint density at radius 1 is 1.40 bits per heavy atom. The van der Waals surface area contributed by atoms with E-state index in [4.69, 9.17) is 4.74 Å². The van der Waals surface area contributed by atoms with Crippen molar-refractivity contribution in [3.05, 3.63) is 23.9 Å². The number of hydrogen-bond donors (Lipinski definition) is 0. The predicted molar refractivity (Wildman–Crippen MR) is 58.0 cm³/mol. The van der Waals surface area contributed by atoms with E-state index < -0.39 is 0 Å². The molecule has 15 heavy (non-hydrogen) atoms. The third kappa shape index (κ3) is 2.68. The number of amides is 1. The normalized spacial score (nSPS) is 9.80. The third-order valence-corrected chi connectivity index (χ3v) is 2.24. The molecule has 0 saturated carbocycles. The van der Waals surface area contributed by atoms with E-state index in [0.29, 0.717) is 24.5 Å². The van der Waals surface area contributed by atoms with Crippen LogP contribution in [0, 0.1) is 0 Å². The lowest BCUT2D eigenvalue weighted by atomic mass is 10.2. The van der Waals surface area contributed by atoms with E-state index >= 15 is 0 Å². The summed E-state index contributed by atoms with van der Waals surface area (Å²) in [5.74, 6) is 0.529. The number of rotatable bonds is 4. The molecule has 0 atom stereocenters. The summed E-state index contributed by atoms with van der Waals surface area (Å²) >= 11 is 0. The molecule has 4 heteroatoms. The van der Waals surface area contributed by atoms with Crippen LogP contribution >= 0.6 is 0 Å². The number of carbonyl (C=O) groups excluding carboxylic acids is 1.